The van der Waals surface area contributed by atoms with Gasteiger partial charge in [0.15, 0.2) is 0 Å². The highest BCUT2D eigenvalue weighted by Gasteiger charge is 1.98. The Kier molecular flexibility index (Phi) is 4.47. The molecule has 1 rings (SSSR count). The summed E-state index contributed by atoms with van der Waals surface area (Å²) in [4.78, 5) is 4.43. The van der Waals surface area contributed by atoms with Crippen molar-refractivity contribution in [1.29, 1.82) is 0 Å². The fourth-order valence-corrected chi connectivity index (χ4v) is 1.54. The third kappa shape index (κ3) is 3.38. The smallest absolute Gasteiger partial charge is 0.103 e. The molecule has 1 nitrogen and oxygen atoms in total. The minimum absolute atomic E-state index is 1.06. The Morgan fingerprint density at radius 1 is 1.21 bits per heavy atom. The fraction of sp³-hybridized carbons (Fsp3) is 0.250. The van der Waals surface area contributed by atoms with Crippen molar-refractivity contribution in [1.82, 2.24) is 0 Å². The van der Waals surface area contributed by atoms with Crippen LogP contribution >= 0.6 is 11.8 Å². The molecular formula is C12H15NS. The van der Waals surface area contributed by atoms with E-state index in [2.05, 4.69) is 17.1 Å². The Balaban J connectivity index is 2.93. The van der Waals surface area contributed by atoms with Gasteiger partial charge >= 0.3 is 0 Å². The molecule has 0 aliphatic heterocycles. The van der Waals surface area contributed by atoms with E-state index in [4.69, 9.17) is 0 Å². The maximum Gasteiger partial charge on any atom is 0.103 e. The lowest BCUT2D eigenvalue weighted by Crippen LogP contribution is -1.92. The van der Waals surface area contributed by atoms with Crippen molar-refractivity contribution >= 4 is 16.8 Å². The van der Waals surface area contributed by atoms with E-state index in [1.165, 1.54) is 11.1 Å². The second kappa shape index (κ2) is 5.66. The van der Waals surface area contributed by atoms with Crippen LogP contribution in [0.4, 0.5) is 0 Å². The first-order valence-corrected chi connectivity index (χ1v) is 5.77. The highest BCUT2D eigenvalue weighted by Crippen LogP contribution is 2.11. The van der Waals surface area contributed by atoms with Gasteiger partial charge in [0.05, 0.1) is 0 Å². The van der Waals surface area contributed by atoms with Crippen LogP contribution in [-0.2, 0) is 0 Å². The number of nitrogens with zero attached hydrogens (tertiary/aromatic N) is 1. The molecule has 0 fully saturated rings. The summed E-state index contributed by atoms with van der Waals surface area (Å²) in [5.74, 6) is 0. The first-order chi connectivity index (χ1) is 6.74. The lowest BCUT2D eigenvalue weighted by atomic mass is 10.2. The Hall–Kier alpha value is -1.02. The first kappa shape index (κ1) is 11.1. The zero-order chi connectivity index (χ0) is 10.4. The molecule has 0 amide bonds. The van der Waals surface area contributed by atoms with Crippen LogP contribution < -0.4 is 0 Å². The van der Waals surface area contributed by atoms with Gasteiger partial charge in [-0.25, -0.2) is 4.99 Å². The topological polar surface area (TPSA) is 12.4 Å². The van der Waals surface area contributed by atoms with Crippen LogP contribution in [0.5, 0.6) is 0 Å². The molecule has 1 aromatic rings. The van der Waals surface area contributed by atoms with Crippen molar-refractivity contribution in [3.8, 4) is 0 Å². The first-order valence-electron chi connectivity index (χ1n) is 4.54. The molecule has 0 spiro atoms. The third-order valence-corrected chi connectivity index (χ3v) is 2.38. The Morgan fingerprint density at radius 3 is 2.36 bits per heavy atom. The molecule has 0 aliphatic rings. The fourth-order valence-electron chi connectivity index (χ4n) is 1.01. The molecule has 0 radical (unpaired) electrons. The zero-order valence-corrected chi connectivity index (χ0v) is 9.64. The molecule has 0 heterocycles. The van der Waals surface area contributed by atoms with Crippen LogP contribution in [0.15, 0.2) is 47.1 Å². The van der Waals surface area contributed by atoms with Crippen LogP contribution in [0, 0.1) is 0 Å². The van der Waals surface area contributed by atoms with E-state index in [1.807, 2.05) is 44.5 Å². The van der Waals surface area contributed by atoms with Crippen molar-refractivity contribution in [2.75, 3.05) is 6.26 Å². The van der Waals surface area contributed by atoms with Gasteiger partial charge in [0.2, 0.25) is 0 Å². The second-order valence-electron chi connectivity index (χ2n) is 3.21. The predicted molar refractivity (Wildman–Crippen MR) is 65.9 cm³/mol. The molecule has 0 atom stereocenters. The monoisotopic (exact) mass is 205 g/mol. The van der Waals surface area contributed by atoms with E-state index in [9.17, 15) is 0 Å². The molecule has 0 saturated heterocycles. The van der Waals surface area contributed by atoms with Crippen LogP contribution in [0.1, 0.15) is 19.4 Å². The van der Waals surface area contributed by atoms with Gasteiger partial charge in [-0.1, -0.05) is 35.9 Å². The number of aliphatic imine (C=N–C) groups is 1. The lowest BCUT2D eigenvalue weighted by Gasteiger charge is -2.00. The molecular weight excluding hydrogens is 190 g/mol. The molecule has 74 valence electrons. The summed E-state index contributed by atoms with van der Waals surface area (Å²) in [6.45, 7) is 4.10. The number of rotatable bonds is 2. The van der Waals surface area contributed by atoms with Gasteiger partial charge in [0.1, 0.15) is 5.04 Å². The molecule has 0 N–H and O–H groups in total. The summed E-state index contributed by atoms with van der Waals surface area (Å²) < 4.78 is 0. The maximum atomic E-state index is 4.43. The van der Waals surface area contributed by atoms with E-state index in [0.29, 0.717) is 0 Å². The van der Waals surface area contributed by atoms with E-state index >= 15 is 0 Å². The number of thioether (sulfide) groups is 1. The molecule has 0 aliphatic carbocycles. The lowest BCUT2D eigenvalue weighted by molar-refractivity contribution is 1.34. The van der Waals surface area contributed by atoms with Crippen molar-refractivity contribution in [3.63, 3.8) is 0 Å². The van der Waals surface area contributed by atoms with E-state index in [-0.39, 0.29) is 0 Å². The number of allylic oxidation sites excluding steroid dienone is 1. The average molecular weight is 205 g/mol. The summed E-state index contributed by atoms with van der Waals surface area (Å²) in [7, 11) is 0. The van der Waals surface area contributed by atoms with Crippen molar-refractivity contribution in [2.24, 2.45) is 4.99 Å². The van der Waals surface area contributed by atoms with Crippen LogP contribution in [0.2, 0.25) is 0 Å². The normalized spacial score (nSPS) is 11.2. The van der Waals surface area contributed by atoms with Gasteiger partial charge in [-0.05, 0) is 20.1 Å². The van der Waals surface area contributed by atoms with Crippen molar-refractivity contribution in [3.05, 3.63) is 47.7 Å². The third-order valence-electron chi connectivity index (χ3n) is 1.65. The average Bonchev–Trinajstić information content (AvgIpc) is 2.20. The molecule has 0 unspecified atom stereocenters. The summed E-state index contributed by atoms with van der Waals surface area (Å²) in [6.07, 6.45) is 3.95. The van der Waals surface area contributed by atoms with E-state index in [0.717, 1.165) is 5.04 Å². The predicted octanol–water partition coefficient (Wildman–Crippen LogP) is 3.72. The van der Waals surface area contributed by atoms with Gasteiger partial charge in [0, 0.05) is 11.8 Å². The molecule has 1 aromatic carbocycles. The molecule has 0 bridgehead atoms. The second-order valence-corrected chi connectivity index (χ2v) is 4.01. The molecule has 0 saturated carbocycles. The summed E-state index contributed by atoms with van der Waals surface area (Å²) >= 11 is 1.67. The van der Waals surface area contributed by atoms with Gasteiger partial charge < -0.3 is 0 Å². The SMILES string of the molecule is CSC(=NC=C(C)C)c1ccccc1. The molecule has 0 aromatic heterocycles. The Morgan fingerprint density at radius 2 is 1.86 bits per heavy atom. The van der Waals surface area contributed by atoms with Gasteiger partial charge in [-0.3, -0.25) is 0 Å². The van der Waals surface area contributed by atoms with E-state index < -0.39 is 0 Å². The van der Waals surface area contributed by atoms with Crippen LogP contribution in [0.3, 0.4) is 0 Å². The number of benzene rings is 1. The zero-order valence-electron chi connectivity index (χ0n) is 8.82. The quantitative estimate of drug-likeness (QED) is 0.529. The molecule has 14 heavy (non-hydrogen) atoms. The largest absolute Gasteiger partial charge is 0.249 e. The van der Waals surface area contributed by atoms with Gasteiger partial charge in [-0.15, -0.1) is 11.8 Å². The van der Waals surface area contributed by atoms with Crippen molar-refractivity contribution < 1.29 is 0 Å². The van der Waals surface area contributed by atoms with E-state index in [1.54, 1.807) is 11.8 Å². The Bertz CT molecular complexity index is 335. The standard InChI is InChI=1S/C12H15NS/c1-10(2)9-13-12(14-3)11-7-5-4-6-8-11/h4-9H,1-3H3. The Labute approximate surface area is 89.9 Å². The minimum Gasteiger partial charge on any atom is -0.249 e. The highest BCUT2D eigenvalue weighted by atomic mass is 32.2. The summed E-state index contributed by atoms with van der Waals surface area (Å²) in [6, 6.07) is 10.2. The minimum atomic E-state index is 1.06. The summed E-state index contributed by atoms with van der Waals surface area (Å²) in [5, 5.41) is 1.06. The van der Waals surface area contributed by atoms with Crippen LogP contribution in [-0.4, -0.2) is 11.3 Å². The van der Waals surface area contributed by atoms with Gasteiger partial charge in [-0.2, -0.15) is 0 Å². The van der Waals surface area contributed by atoms with Gasteiger partial charge in [0.25, 0.3) is 0 Å². The maximum absolute atomic E-state index is 4.43. The summed E-state index contributed by atoms with van der Waals surface area (Å²) in [5.41, 5.74) is 2.39. The van der Waals surface area contributed by atoms with Crippen LogP contribution in [0.25, 0.3) is 0 Å². The number of hydrogen-bond donors (Lipinski definition) is 0. The van der Waals surface area contributed by atoms with Crippen molar-refractivity contribution in [2.45, 2.75) is 13.8 Å². The number of hydrogen-bond acceptors (Lipinski definition) is 2. The highest BCUT2D eigenvalue weighted by molar-refractivity contribution is 8.13. The molecule has 2 heteroatoms.